The zero-order chi connectivity index (χ0) is 21.5. The van der Waals surface area contributed by atoms with Crippen LogP contribution in [0.4, 0.5) is 0 Å². The lowest BCUT2D eigenvalue weighted by Crippen LogP contribution is -2.51. The van der Waals surface area contributed by atoms with Crippen molar-refractivity contribution < 1.29 is 9.59 Å². The number of benzene rings is 1. The quantitative estimate of drug-likeness (QED) is 0.594. The lowest BCUT2D eigenvalue weighted by atomic mass is 10.1. The molecular formula is C23H31N5O2. The van der Waals surface area contributed by atoms with Crippen molar-refractivity contribution in [2.75, 3.05) is 52.4 Å². The molecule has 2 heterocycles. The molecule has 30 heavy (non-hydrogen) atoms. The summed E-state index contributed by atoms with van der Waals surface area (Å²) in [5, 5.41) is 9.85. The summed E-state index contributed by atoms with van der Waals surface area (Å²) in [6.45, 7) is 10.1. The molecule has 0 radical (unpaired) electrons. The molecule has 1 aromatic heterocycles. The van der Waals surface area contributed by atoms with Crippen molar-refractivity contribution >= 4 is 22.6 Å². The molecule has 0 bridgehead atoms. The van der Waals surface area contributed by atoms with Crippen molar-refractivity contribution in [3.63, 3.8) is 0 Å². The largest absolute Gasteiger partial charge is 0.346 e. The van der Waals surface area contributed by atoms with Crippen molar-refractivity contribution in [2.24, 2.45) is 0 Å². The Morgan fingerprint density at radius 2 is 1.67 bits per heavy atom. The van der Waals surface area contributed by atoms with Gasteiger partial charge >= 0.3 is 0 Å². The van der Waals surface area contributed by atoms with Gasteiger partial charge in [0.1, 0.15) is 0 Å². The summed E-state index contributed by atoms with van der Waals surface area (Å²) in [7, 11) is 0. The van der Waals surface area contributed by atoms with E-state index in [4.69, 9.17) is 5.26 Å². The van der Waals surface area contributed by atoms with Gasteiger partial charge in [0, 0.05) is 68.5 Å². The Morgan fingerprint density at radius 1 is 1.03 bits per heavy atom. The number of nitriles is 1. The molecule has 1 aromatic carbocycles. The van der Waals surface area contributed by atoms with Crippen molar-refractivity contribution in [3.8, 4) is 6.07 Å². The Hall–Kier alpha value is -2.69. The number of ketones is 1. The third-order valence-electron chi connectivity index (χ3n) is 5.86. The number of likely N-dealkylation sites (N-methyl/N-ethyl adjacent to an activating group) is 1. The van der Waals surface area contributed by atoms with Crippen molar-refractivity contribution in [1.29, 1.82) is 5.26 Å². The Labute approximate surface area is 178 Å². The first kappa shape index (κ1) is 22.0. The highest BCUT2D eigenvalue weighted by Crippen LogP contribution is 2.22. The number of aromatic nitrogens is 1. The third-order valence-corrected chi connectivity index (χ3v) is 5.86. The highest BCUT2D eigenvalue weighted by Gasteiger charge is 2.23. The first-order valence-electron chi connectivity index (χ1n) is 10.8. The van der Waals surface area contributed by atoms with E-state index >= 15 is 0 Å². The number of aryl methyl sites for hydroxylation is 1. The summed E-state index contributed by atoms with van der Waals surface area (Å²) < 4.78 is 2.00. The third kappa shape index (κ3) is 5.07. The van der Waals surface area contributed by atoms with Gasteiger partial charge in [0.2, 0.25) is 5.91 Å². The van der Waals surface area contributed by atoms with E-state index in [0.29, 0.717) is 26.1 Å². The van der Waals surface area contributed by atoms with Crippen LogP contribution in [0.25, 0.3) is 10.9 Å². The van der Waals surface area contributed by atoms with Crippen molar-refractivity contribution in [3.05, 3.63) is 36.0 Å². The molecule has 0 aliphatic carbocycles. The summed E-state index contributed by atoms with van der Waals surface area (Å²) in [6.07, 6.45) is 2.31. The smallest absolute Gasteiger partial charge is 0.236 e. The topological polar surface area (TPSA) is 72.6 Å². The standard InChI is InChI=1S/C23H31N5O2/c1-3-27(4-2)23(30)18-26-14-12-25(13-15-26)17-22(29)20-16-28(11-7-10-24)21-9-6-5-8-19(20)21/h5-6,8-9,16H,3-4,7,11-15,17-18H2,1-2H3. The van der Waals surface area contributed by atoms with Gasteiger partial charge in [-0.2, -0.15) is 5.26 Å². The van der Waals surface area contributed by atoms with Gasteiger partial charge < -0.3 is 9.47 Å². The number of carbonyl (C=O) groups is 2. The number of hydrogen-bond acceptors (Lipinski definition) is 5. The zero-order valence-electron chi connectivity index (χ0n) is 18.0. The molecule has 1 aliphatic heterocycles. The van der Waals surface area contributed by atoms with Crippen LogP contribution < -0.4 is 0 Å². The second kappa shape index (κ2) is 10.4. The Kier molecular flexibility index (Phi) is 7.61. The van der Waals surface area contributed by atoms with Crippen LogP contribution >= 0.6 is 0 Å². The minimum atomic E-state index is 0.106. The Balaban J connectivity index is 1.59. The molecule has 0 unspecified atom stereocenters. The van der Waals surface area contributed by atoms with E-state index in [1.165, 1.54) is 0 Å². The fraction of sp³-hybridized carbons (Fsp3) is 0.522. The summed E-state index contributed by atoms with van der Waals surface area (Å²) in [5.41, 5.74) is 1.72. The molecule has 1 saturated heterocycles. The van der Waals surface area contributed by atoms with E-state index < -0.39 is 0 Å². The van der Waals surface area contributed by atoms with Crippen LogP contribution in [-0.2, 0) is 11.3 Å². The number of rotatable bonds is 9. The Bertz CT molecular complexity index is 917. The van der Waals surface area contributed by atoms with E-state index in [1.807, 2.05) is 53.8 Å². The lowest BCUT2D eigenvalue weighted by Gasteiger charge is -2.34. The lowest BCUT2D eigenvalue weighted by molar-refractivity contribution is -0.132. The fourth-order valence-electron chi connectivity index (χ4n) is 4.09. The summed E-state index contributed by atoms with van der Waals surface area (Å²) >= 11 is 0. The monoisotopic (exact) mass is 409 g/mol. The number of para-hydroxylation sites is 1. The molecule has 2 aromatic rings. The molecule has 0 spiro atoms. The van der Waals surface area contributed by atoms with E-state index in [9.17, 15) is 9.59 Å². The molecule has 1 amide bonds. The number of nitrogens with zero attached hydrogens (tertiary/aromatic N) is 5. The number of carbonyl (C=O) groups excluding carboxylic acids is 2. The van der Waals surface area contributed by atoms with Crippen LogP contribution in [-0.4, -0.2) is 83.3 Å². The number of amides is 1. The van der Waals surface area contributed by atoms with Crippen LogP contribution in [0.15, 0.2) is 30.5 Å². The van der Waals surface area contributed by atoms with E-state index in [1.54, 1.807) is 0 Å². The summed E-state index contributed by atoms with van der Waals surface area (Å²) in [5.74, 6) is 0.282. The van der Waals surface area contributed by atoms with Gasteiger partial charge in [-0.3, -0.25) is 19.4 Å². The maximum Gasteiger partial charge on any atom is 0.236 e. The van der Waals surface area contributed by atoms with Gasteiger partial charge in [0.25, 0.3) is 0 Å². The van der Waals surface area contributed by atoms with E-state index in [0.717, 1.165) is 55.7 Å². The number of Topliss-reactive ketones (excluding diaryl/α,β-unsaturated/α-hetero) is 1. The van der Waals surface area contributed by atoms with Gasteiger partial charge in [-0.1, -0.05) is 18.2 Å². The molecule has 0 saturated carbocycles. The summed E-state index contributed by atoms with van der Waals surface area (Å²) in [6, 6.07) is 10.0. The van der Waals surface area contributed by atoms with Crippen LogP contribution in [0.2, 0.25) is 0 Å². The van der Waals surface area contributed by atoms with Crippen LogP contribution in [0.1, 0.15) is 30.6 Å². The highest BCUT2D eigenvalue weighted by atomic mass is 16.2. The molecule has 0 atom stereocenters. The number of piperazine rings is 1. The van der Waals surface area contributed by atoms with Gasteiger partial charge in [0.15, 0.2) is 5.78 Å². The minimum Gasteiger partial charge on any atom is -0.346 e. The fourth-order valence-corrected chi connectivity index (χ4v) is 4.09. The van der Waals surface area contributed by atoms with Crippen molar-refractivity contribution in [1.82, 2.24) is 19.3 Å². The van der Waals surface area contributed by atoms with Crippen molar-refractivity contribution in [2.45, 2.75) is 26.8 Å². The molecule has 160 valence electrons. The normalized spacial score (nSPS) is 15.2. The molecule has 3 rings (SSSR count). The van der Waals surface area contributed by atoms with Crippen LogP contribution in [0.5, 0.6) is 0 Å². The predicted octanol–water partition coefficient (Wildman–Crippen LogP) is 2.22. The minimum absolute atomic E-state index is 0.106. The summed E-state index contributed by atoms with van der Waals surface area (Å²) in [4.78, 5) is 31.6. The van der Waals surface area contributed by atoms with E-state index in [-0.39, 0.29) is 11.7 Å². The van der Waals surface area contributed by atoms with Gasteiger partial charge in [-0.05, 0) is 19.9 Å². The van der Waals surface area contributed by atoms with Crippen LogP contribution in [0.3, 0.4) is 0 Å². The molecule has 7 nitrogen and oxygen atoms in total. The van der Waals surface area contributed by atoms with Crippen LogP contribution in [0, 0.1) is 11.3 Å². The zero-order valence-corrected chi connectivity index (χ0v) is 18.0. The molecule has 7 heteroatoms. The van der Waals surface area contributed by atoms with Gasteiger partial charge in [-0.25, -0.2) is 0 Å². The maximum atomic E-state index is 13.0. The first-order chi connectivity index (χ1) is 14.6. The average molecular weight is 410 g/mol. The highest BCUT2D eigenvalue weighted by molar-refractivity contribution is 6.09. The first-order valence-corrected chi connectivity index (χ1v) is 10.8. The molecular weight excluding hydrogens is 378 g/mol. The predicted molar refractivity (Wildman–Crippen MR) is 117 cm³/mol. The maximum absolute atomic E-state index is 13.0. The van der Waals surface area contributed by atoms with Gasteiger partial charge in [-0.15, -0.1) is 0 Å². The Morgan fingerprint density at radius 3 is 2.30 bits per heavy atom. The molecule has 1 aliphatic rings. The molecule has 0 N–H and O–H groups in total. The second-order valence-electron chi connectivity index (χ2n) is 7.70. The number of hydrogen-bond donors (Lipinski definition) is 0. The van der Waals surface area contributed by atoms with Gasteiger partial charge in [0.05, 0.1) is 25.6 Å². The number of fused-ring (bicyclic) bond motifs is 1. The molecule has 1 fully saturated rings. The average Bonchev–Trinajstić information content (AvgIpc) is 3.13. The SMILES string of the molecule is CCN(CC)C(=O)CN1CCN(CC(=O)c2cn(CCC#N)c3ccccc23)CC1. The van der Waals surface area contributed by atoms with E-state index in [2.05, 4.69) is 15.9 Å². The second-order valence-corrected chi connectivity index (χ2v) is 7.70.